The van der Waals surface area contributed by atoms with E-state index in [4.69, 9.17) is 0 Å². The number of anilines is 2. The Morgan fingerprint density at radius 1 is 1.22 bits per heavy atom. The third-order valence-electron chi connectivity index (χ3n) is 3.72. The van der Waals surface area contributed by atoms with Gasteiger partial charge in [0.15, 0.2) is 0 Å². The van der Waals surface area contributed by atoms with E-state index >= 15 is 0 Å². The van der Waals surface area contributed by atoms with Crippen molar-refractivity contribution in [1.82, 2.24) is 0 Å². The summed E-state index contributed by atoms with van der Waals surface area (Å²) in [6.45, 7) is 0.368. The maximum atomic E-state index is 13.6. The summed E-state index contributed by atoms with van der Waals surface area (Å²) >= 11 is 0. The number of carbonyl (C=O) groups is 1. The van der Waals surface area contributed by atoms with E-state index in [2.05, 4.69) is 5.32 Å². The van der Waals surface area contributed by atoms with E-state index in [9.17, 15) is 17.6 Å². The van der Waals surface area contributed by atoms with Gasteiger partial charge in [0.05, 0.1) is 17.6 Å². The molecule has 0 atom stereocenters. The van der Waals surface area contributed by atoms with E-state index < -0.39 is 21.7 Å². The summed E-state index contributed by atoms with van der Waals surface area (Å²) < 4.78 is 38.5. The van der Waals surface area contributed by atoms with E-state index in [0.29, 0.717) is 18.7 Å². The van der Waals surface area contributed by atoms with Gasteiger partial charge in [0.2, 0.25) is 10.0 Å². The summed E-state index contributed by atoms with van der Waals surface area (Å²) in [4.78, 5) is 12.3. The Kier molecular flexibility index (Phi) is 3.81. The number of hydrogen-bond donors (Lipinski definition) is 1. The summed E-state index contributed by atoms with van der Waals surface area (Å²) in [5.74, 6) is -1.02. The normalized spacial score (nSPS) is 13.7. The molecule has 1 aliphatic rings. The molecule has 7 heteroatoms. The first kappa shape index (κ1) is 15.5. The first-order valence-electron chi connectivity index (χ1n) is 7.03. The second-order valence-corrected chi connectivity index (χ2v) is 7.27. The molecule has 0 aromatic heterocycles. The van der Waals surface area contributed by atoms with Crippen molar-refractivity contribution in [1.29, 1.82) is 0 Å². The molecule has 23 heavy (non-hydrogen) atoms. The van der Waals surface area contributed by atoms with Gasteiger partial charge in [0, 0.05) is 12.1 Å². The van der Waals surface area contributed by atoms with Crippen molar-refractivity contribution in [3.05, 3.63) is 59.4 Å². The molecule has 0 unspecified atom stereocenters. The zero-order valence-corrected chi connectivity index (χ0v) is 13.2. The number of fused-ring (bicyclic) bond motifs is 1. The largest absolute Gasteiger partial charge is 0.319 e. The fraction of sp³-hybridized carbons (Fsp3) is 0.188. The van der Waals surface area contributed by atoms with Crippen molar-refractivity contribution in [3.63, 3.8) is 0 Å². The fourth-order valence-corrected chi connectivity index (χ4v) is 3.54. The average molecular weight is 334 g/mol. The summed E-state index contributed by atoms with van der Waals surface area (Å²) in [5, 5.41) is 2.49. The molecule has 1 aliphatic heterocycles. The Bertz CT molecular complexity index is 881. The number of hydrogen-bond acceptors (Lipinski definition) is 3. The predicted molar refractivity (Wildman–Crippen MR) is 86.7 cm³/mol. The molecule has 2 aromatic rings. The lowest BCUT2D eigenvalue weighted by molar-refractivity contribution is 0.102. The molecule has 1 N–H and O–H groups in total. The highest BCUT2D eigenvalue weighted by Gasteiger charge is 2.27. The van der Waals surface area contributed by atoms with Crippen LogP contribution in [0.4, 0.5) is 15.8 Å². The molecular formula is C16H15FN2O3S. The molecule has 0 saturated carbocycles. The van der Waals surface area contributed by atoms with Gasteiger partial charge in [0.25, 0.3) is 5.91 Å². The van der Waals surface area contributed by atoms with Crippen LogP contribution in [-0.2, 0) is 16.4 Å². The maximum absolute atomic E-state index is 13.6. The Morgan fingerprint density at radius 3 is 2.65 bits per heavy atom. The quantitative estimate of drug-likeness (QED) is 0.937. The summed E-state index contributed by atoms with van der Waals surface area (Å²) in [5.41, 5.74) is 1.74. The number of benzene rings is 2. The van der Waals surface area contributed by atoms with Crippen LogP contribution in [0.15, 0.2) is 42.5 Å². The highest BCUT2D eigenvalue weighted by molar-refractivity contribution is 7.92. The third-order valence-corrected chi connectivity index (χ3v) is 4.90. The maximum Gasteiger partial charge on any atom is 0.255 e. The molecule has 0 saturated heterocycles. The first-order chi connectivity index (χ1) is 10.9. The SMILES string of the molecule is CS(=O)(=O)N1CCc2ccc(C(=O)Nc3ccccc3F)cc21. The Balaban J connectivity index is 1.90. The Hall–Kier alpha value is -2.41. The molecule has 0 radical (unpaired) electrons. The predicted octanol–water partition coefficient (Wildman–Crippen LogP) is 2.40. The van der Waals surface area contributed by atoms with Gasteiger partial charge in [-0.2, -0.15) is 0 Å². The van der Waals surface area contributed by atoms with Crippen molar-refractivity contribution in [2.45, 2.75) is 6.42 Å². The second-order valence-electron chi connectivity index (χ2n) is 5.36. The minimum absolute atomic E-state index is 0.0815. The van der Waals surface area contributed by atoms with Crippen LogP contribution in [-0.4, -0.2) is 27.1 Å². The lowest BCUT2D eigenvalue weighted by Crippen LogP contribution is -2.27. The molecule has 5 nitrogen and oxygen atoms in total. The zero-order valence-electron chi connectivity index (χ0n) is 12.4. The number of halogens is 1. The summed E-state index contributed by atoms with van der Waals surface area (Å²) in [7, 11) is -3.38. The first-order valence-corrected chi connectivity index (χ1v) is 8.87. The van der Waals surface area contributed by atoms with E-state index in [-0.39, 0.29) is 11.3 Å². The van der Waals surface area contributed by atoms with Gasteiger partial charge in [-0.15, -0.1) is 0 Å². The van der Waals surface area contributed by atoms with Gasteiger partial charge in [-0.25, -0.2) is 12.8 Å². The zero-order chi connectivity index (χ0) is 16.6. The summed E-state index contributed by atoms with van der Waals surface area (Å²) in [6.07, 6.45) is 1.74. The van der Waals surface area contributed by atoms with Crippen molar-refractivity contribution in [3.8, 4) is 0 Å². The van der Waals surface area contributed by atoms with Crippen molar-refractivity contribution >= 4 is 27.3 Å². The van der Waals surface area contributed by atoms with E-state index in [1.54, 1.807) is 18.2 Å². The van der Waals surface area contributed by atoms with Crippen LogP contribution in [0.1, 0.15) is 15.9 Å². The fourth-order valence-electron chi connectivity index (χ4n) is 2.59. The molecule has 1 heterocycles. The molecule has 0 aliphatic carbocycles. The molecule has 1 amide bonds. The highest BCUT2D eigenvalue weighted by atomic mass is 32.2. The van der Waals surface area contributed by atoms with Gasteiger partial charge in [-0.1, -0.05) is 18.2 Å². The minimum atomic E-state index is -3.38. The topological polar surface area (TPSA) is 66.5 Å². The van der Waals surface area contributed by atoms with E-state index in [1.807, 2.05) is 0 Å². The number of carbonyl (C=O) groups excluding carboxylic acids is 1. The van der Waals surface area contributed by atoms with E-state index in [0.717, 1.165) is 11.8 Å². The molecular weight excluding hydrogens is 319 g/mol. The monoisotopic (exact) mass is 334 g/mol. The molecule has 120 valence electrons. The summed E-state index contributed by atoms with van der Waals surface area (Å²) in [6, 6.07) is 10.7. The van der Waals surface area contributed by atoms with Crippen LogP contribution in [0.5, 0.6) is 0 Å². The molecule has 2 aromatic carbocycles. The van der Waals surface area contributed by atoms with Crippen molar-refractivity contribution in [2.24, 2.45) is 0 Å². The highest BCUT2D eigenvalue weighted by Crippen LogP contribution is 2.31. The lowest BCUT2D eigenvalue weighted by atomic mass is 10.1. The number of nitrogens with zero attached hydrogens (tertiary/aromatic N) is 1. The average Bonchev–Trinajstić information content (AvgIpc) is 2.92. The van der Waals surface area contributed by atoms with Crippen LogP contribution in [0.3, 0.4) is 0 Å². The van der Waals surface area contributed by atoms with Gasteiger partial charge >= 0.3 is 0 Å². The number of sulfonamides is 1. The molecule has 0 fully saturated rings. The third kappa shape index (κ3) is 3.05. The number of nitrogens with one attached hydrogen (secondary N) is 1. The van der Waals surface area contributed by atoms with Crippen molar-refractivity contribution in [2.75, 3.05) is 22.4 Å². The van der Waals surface area contributed by atoms with Crippen LogP contribution >= 0.6 is 0 Å². The second kappa shape index (κ2) is 5.66. The Morgan fingerprint density at radius 2 is 1.96 bits per heavy atom. The smallest absolute Gasteiger partial charge is 0.255 e. The van der Waals surface area contributed by atoms with Crippen LogP contribution < -0.4 is 9.62 Å². The molecule has 3 rings (SSSR count). The number of para-hydroxylation sites is 1. The lowest BCUT2D eigenvalue weighted by Gasteiger charge is -2.17. The van der Waals surface area contributed by atoms with Crippen LogP contribution in [0.25, 0.3) is 0 Å². The van der Waals surface area contributed by atoms with Gasteiger partial charge in [0.1, 0.15) is 5.82 Å². The van der Waals surface area contributed by atoms with Gasteiger partial charge in [-0.3, -0.25) is 9.10 Å². The number of amides is 1. The molecule has 0 bridgehead atoms. The standard InChI is InChI=1S/C16H15FN2O3S/c1-23(21,22)19-9-8-11-6-7-12(10-15(11)19)16(20)18-14-5-3-2-4-13(14)17/h2-7,10H,8-9H2,1H3,(H,18,20). The Labute approximate surface area is 133 Å². The van der Waals surface area contributed by atoms with Crippen molar-refractivity contribution < 1.29 is 17.6 Å². The van der Waals surface area contributed by atoms with E-state index in [1.165, 1.54) is 28.6 Å². The van der Waals surface area contributed by atoms with Crippen LogP contribution in [0, 0.1) is 5.82 Å². The van der Waals surface area contributed by atoms with Gasteiger partial charge in [-0.05, 0) is 36.2 Å². The number of rotatable bonds is 3. The van der Waals surface area contributed by atoms with Gasteiger partial charge < -0.3 is 5.32 Å². The minimum Gasteiger partial charge on any atom is -0.319 e. The molecule has 0 spiro atoms. The van der Waals surface area contributed by atoms with Crippen LogP contribution in [0.2, 0.25) is 0 Å².